The van der Waals surface area contributed by atoms with Crippen LogP contribution in [0.3, 0.4) is 0 Å². The Bertz CT molecular complexity index is 1210. The number of rotatable bonds is 3. The molecule has 1 N–H and O–H groups in total. The summed E-state index contributed by atoms with van der Waals surface area (Å²) in [6.45, 7) is 4.27. The molecule has 1 aromatic carbocycles. The lowest BCUT2D eigenvalue weighted by Gasteiger charge is -2.09. The third kappa shape index (κ3) is 2.66. The molecule has 4 rings (SSSR count). The molecule has 0 unspecified atom stereocenters. The van der Waals surface area contributed by atoms with Crippen molar-refractivity contribution in [2.24, 2.45) is 0 Å². The van der Waals surface area contributed by atoms with E-state index in [0.717, 1.165) is 21.2 Å². The number of pyridine rings is 2. The van der Waals surface area contributed by atoms with Crippen molar-refractivity contribution in [2.45, 2.75) is 20.4 Å². The van der Waals surface area contributed by atoms with Crippen LogP contribution >= 0.6 is 11.3 Å². The zero-order chi connectivity index (χ0) is 18.3. The van der Waals surface area contributed by atoms with Gasteiger partial charge < -0.3 is 0 Å². The first-order valence-corrected chi connectivity index (χ1v) is 9.06. The third-order valence-electron chi connectivity index (χ3n) is 4.25. The fourth-order valence-electron chi connectivity index (χ4n) is 2.97. The van der Waals surface area contributed by atoms with E-state index in [9.17, 15) is 9.59 Å². The number of anilines is 1. The number of hydrogen-bond donors (Lipinski definition) is 1. The average Bonchev–Trinajstić information content (AvgIpc) is 3.05. The summed E-state index contributed by atoms with van der Waals surface area (Å²) in [4.78, 5) is 34.2. The van der Waals surface area contributed by atoms with E-state index < -0.39 is 5.91 Å². The van der Waals surface area contributed by atoms with Gasteiger partial charge in [0.05, 0.1) is 10.2 Å². The van der Waals surface area contributed by atoms with E-state index in [0.29, 0.717) is 17.3 Å². The molecule has 0 bridgehead atoms. The second-order valence-electron chi connectivity index (χ2n) is 5.92. The molecule has 1 amide bonds. The highest BCUT2D eigenvalue weighted by Crippen LogP contribution is 2.28. The number of nitrogens with zero attached hydrogens (tertiary/aromatic N) is 3. The maximum atomic E-state index is 12.7. The lowest BCUT2D eigenvalue weighted by molar-refractivity contribution is 0.102. The molecule has 0 saturated heterocycles. The van der Waals surface area contributed by atoms with Crippen LogP contribution in [0.1, 0.15) is 22.8 Å². The molecule has 3 heterocycles. The highest BCUT2D eigenvalue weighted by molar-refractivity contribution is 7.22. The summed E-state index contributed by atoms with van der Waals surface area (Å²) in [5, 5.41) is 4.00. The maximum absolute atomic E-state index is 12.7. The largest absolute Gasteiger partial charge is 0.298 e. The summed E-state index contributed by atoms with van der Waals surface area (Å²) in [5.41, 5.74) is 2.22. The van der Waals surface area contributed by atoms with Gasteiger partial charge in [-0.1, -0.05) is 23.5 Å². The number of carbonyl (C=O) groups excluding carboxylic acids is 1. The minimum atomic E-state index is -0.459. The van der Waals surface area contributed by atoms with Crippen LogP contribution in [0.25, 0.3) is 21.3 Å². The highest BCUT2D eigenvalue weighted by atomic mass is 32.1. The molecule has 6 nitrogen and oxygen atoms in total. The number of aryl methyl sites for hydroxylation is 2. The second kappa shape index (κ2) is 6.34. The van der Waals surface area contributed by atoms with Gasteiger partial charge in [-0.3, -0.25) is 19.5 Å². The van der Waals surface area contributed by atoms with E-state index in [1.54, 1.807) is 18.3 Å². The van der Waals surface area contributed by atoms with Crippen LogP contribution < -0.4 is 10.9 Å². The molecule has 0 radical (unpaired) electrons. The summed E-state index contributed by atoms with van der Waals surface area (Å²) < 4.78 is 2.50. The van der Waals surface area contributed by atoms with E-state index in [4.69, 9.17) is 0 Å². The molecule has 0 fully saturated rings. The van der Waals surface area contributed by atoms with Crippen LogP contribution in [0.4, 0.5) is 5.13 Å². The van der Waals surface area contributed by atoms with Crippen molar-refractivity contribution < 1.29 is 4.79 Å². The van der Waals surface area contributed by atoms with Crippen molar-refractivity contribution in [1.29, 1.82) is 0 Å². The van der Waals surface area contributed by atoms with Crippen LogP contribution in [0.15, 0.2) is 47.4 Å². The first-order chi connectivity index (χ1) is 12.6. The topological polar surface area (TPSA) is 76.9 Å². The number of thiazole rings is 1. The average molecular weight is 364 g/mol. The zero-order valence-corrected chi connectivity index (χ0v) is 15.1. The van der Waals surface area contributed by atoms with Gasteiger partial charge >= 0.3 is 0 Å². The van der Waals surface area contributed by atoms with Gasteiger partial charge in [0, 0.05) is 18.1 Å². The first-order valence-electron chi connectivity index (χ1n) is 8.24. The van der Waals surface area contributed by atoms with E-state index in [1.807, 2.05) is 38.1 Å². The number of carbonyl (C=O) groups is 1. The number of para-hydroxylation sites is 1. The predicted molar refractivity (Wildman–Crippen MR) is 104 cm³/mol. The van der Waals surface area contributed by atoms with E-state index in [1.165, 1.54) is 15.9 Å². The van der Waals surface area contributed by atoms with Crippen molar-refractivity contribution >= 4 is 43.6 Å². The standard InChI is InChI=1S/C19H16N4O2S/c1-3-23-16-12(7-5-9-20-16)10-13(18(23)25)17(24)22-19-21-15-11(2)6-4-8-14(15)26-19/h4-10H,3H2,1-2H3,(H,21,22,24). The second-order valence-corrected chi connectivity index (χ2v) is 6.95. The van der Waals surface area contributed by atoms with Gasteiger partial charge in [0.15, 0.2) is 5.13 Å². The van der Waals surface area contributed by atoms with Gasteiger partial charge in [-0.2, -0.15) is 0 Å². The molecule has 3 aromatic heterocycles. The van der Waals surface area contributed by atoms with Crippen LogP contribution in [-0.4, -0.2) is 20.4 Å². The molecule has 26 heavy (non-hydrogen) atoms. The molecule has 7 heteroatoms. The van der Waals surface area contributed by atoms with Gasteiger partial charge in [0.1, 0.15) is 11.2 Å². The Kier molecular flexibility index (Phi) is 4.00. The van der Waals surface area contributed by atoms with Gasteiger partial charge in [-0.15, -0.1) is 0 Å². The zero-order valence-electron chi connectivity index (χ0n) is 14.3. The number of nitrogens with one attached hydrogen (secondary N) is 1. The number of benzene rings is 1. The minimum absolute atomic E-state index is 0.0864. The molecule has 4 aromatic rings. The van der Waals surface area contributed by atoms with Gasteiger partial charge in [0.25, 0.3) is 11.5 Å². The van der Waals surface area contributed by atoms with E-state index in [-0.39, 0.29) is 11.1 Å². The Morgan fingerprint density at radius 3 is 2.88 bits per heavy atom. The Balaban J connectivity index is 1.77. The quantitative estimate of drug-likeness (QED) is 0.603. The van der Waals surface area contributed by atoms with Gasteiger partial charge in [-0.25, -0.2) is 9.97 Å². The maximum Gasteiger partial charge on any atom is 0.265 e. The van der Waals surface area contributed by atoms with Gasteiger partial charge in [0.2, 0.25) is 0 Å². The molecular weight excluding hydrogens is 348 g/mol. The monoisotopic (exact) mass is 364 g/mol. The van der Waals surface area contributed by atoms with E-state index in [2.05, 4.69) is 15.3 Å². The number of aromatic nitrogens is 3. The summed E-state index contributed by atoms with van der Waals surface area (Å²) in [5.74, 6) is -0.459. The highest BCUT2D eigenvalue weighted by Gasteiger charge is 2.17. The van der Waals surface area contributed by atoms with Crippen LogP contribution in [0.2, 0.25) is 0 Å². The van der Waals surface area contributed by atoms with Crippen molar-refractivity contribution in [1.82, 2.24) is 14.5 Å². The van der Waals surface area contributed by atoms with Crippen molar-refractivity contribution in [3.8, 4) is 0 Å². The Labute approximate surface area is 153 Å². The van der Waals surface area contributed by atoms with E-state index >= 15 is 0 Å². The Morgan fingerprint density at radius 1 is 1.27 bits per heavy atom. The first kappa shape index (κ1) is 16.4. The fourth-order valence-corrected chi connectivity index (χ4v) is 3.91. The lowest BCUT2D eigenvalue weighted by Crippen LogP contribution is -2.29. The Hall–Kier alpha value is -3.06. The van der Waals surface area contributed by atoms with Crippen molar-refractivity contribution in [2.75, 3.05) is 5.32 Å². The molecule has 0 aliphatic rings. The summed E-state index contributed by atoms with van der Waals surface area (Å²) >= 11 is 1.39. The van der Waals surface area contributed by atoms with Crippen molar-refractivity contribution in [3.63, 3.8) is 0 Å². The summed E-state index contributed by atoms with van der Waals surface area (Å²) in [6.07, 6.45) is 1.64. The number of hydrogen-bond acceptors (Lipinski definition) is 5. The number of amides is 1. The van der Waals surface area contributed by atoms with Crippen molar-refractivity contribution in [3.05, 3.63) is 64.1 Å². The molecule has 0 aliphatic heterocycles. The normalized spacial score (nSPS) is 11.2. The Morgan fingerprint density at radius 2 is 2.12 bits per heavy atom. The molecule has 0 spiro atoms. The molecule has 0 saturated carbocycles. The minimum Gasteiger partial charge on any atom is -0.298 e. The lowest BCUT2D eigenvalue weighted by atomic mass is 10.2. The molecule has 0 aliphatic carbocycles. The predicted octanol–water partition coefficient (Wildman–Crippen LogP) is 3.59. The van der Waals surface area contributed by atoms with Crippen LogP contribution in [0.5, 0.6) is 0 Å². The smallest absolute Gasteiger partial charge is 0.265 e. The van der Waals surface area contributed by atoms with Gasteiger partial charge in [-0.05, 0) is 43.7 Å². The third-order valence-corrected chi connectivity index (χ3v) is 5.19. The van der Waals surface area contributed by atoms with Crippen LogP contribution in [0, 0.1) is 6.92 Å². The molecule has 130 valence electrons. The number of fused-ring (bicyclic) bond motifs is 2. The molecule has 0 atom stereocenters. The van der Waals surface area contributed by atoms with Crippen LogP contribution in [-0.2, 0) is 6.54 Å². The fraction of sp³-hybridized carbons (Fsp3) is 0.158. The SMILES string of the molecule is CCn1c(=O)c(C(=O)Nc2nc3c(C)cccc3s2)cc2cccnc21. The summed E-state index contributed by atoms with van der Waals surface area (Å²) in [6, 6.07) is 11.1. The summed E-state index contributed by atoms with van der Waals surface area (Å²) in [7, 11) is 0. The molecular formula is C19H16N4O2S.